The molecule has 2 nitrogen and oxygen atoms in total. The van der Waals surface area contributed by atoms with Gasteiger partial charge in [0.1, 0.15) is 5.83 Å². The fourth-order valence-corrected chi connectivity index (χ4v) is 5.69. The lowest BCUT2D eigenvalue weighted by atomic mass is 9.77. The Labute approximate surface area is 200 Å². The molecule has 0 bridgehead atoms. The lowest BCUT2D eigenvalue weighted by molar-refractivity contribution is -0.228. The smallest absolute Gasteiger partial charge is 0.160 e. The van der Waals surface area contributed by atoms with Crippen molar-refractivity contribution >= 4 is 0 Å². The van der Waals surface area contributed by atoms with Crippen LogP contribution in [-0.2, 0) is 9.47 Å². The van der Waals surface area contributed by atoms with Crippen molar-refractivity contribution in [3.63, 3.8) is 0 Å². The Kier molecular flexibility index (Phi) is 11.3. The van der Waals surface area contributed by atoms with E-state index < -0.39 is 0 Å². The molecule has 33 heavy (non-hydrogen) atoms. The molecule has 2 saturated carbocycles. The highest BCUT2D eigenvalue weighted by atomic mass is 19.1. The van der Waals surface area contributed by atoms with E-state index in [1.807, 2.05) is 6.08 Å². The van der Waals surface area contributed by atoms with Gasteiger partial charge in [0.05, 0.1) is 19.9 Å². The molecule has 0 aromatic rings. The van der Waals surface area contributed by atoms with Crippen molar-refractivity contribution in [2.75, 3.05) is 19.9 Å². The van der Waals surface area contributed by atoms with Crippen molar-refractivity contribution in [2.24, 2.45) is 29.6 Å². The van der Waals surface area contributed by atoms with Crippen LogP contribution in [0.5, 0.6) is 0 Å². The first kappa shape index (κ1) is 26.3. The molecule has 186 valence electrons. The SMILES string of the molecule is C=C/C=C(\C=C(\F)CC1CCC(CF)CC1)C1CCC(C2OCC(C/C=C\CC)CO2)CC1. The predicted molar refractivity (Wildman–Crippen MR) is 132 cm³/mol. The molecule has 1 aliphatic heterocycles. The zero-order chi connectivity index (χ0) is 23.5. The Hall–Kier alpha value is -1.26. The third kappa shape index (κ3) is 8.47. The first-order valence-electron chi connectivity index (χ1n) is 13.3. The Balaban J connectivity index is 1.45. The van der Waals surface area contributed by atoms with E-state index in [1.54, 1.807) is 12.2 Å². The van der Waals surface area contributed by atoms with Crippen LogP contribution in [0.4, 0.5) is 8.78 Å². The molecule has 0 atom stereocenters. The van der Waals surface area contributed by atoms with E-state index in [0.717, 1.165) is 83.0 Å². The molecule has 0 radical (unpaired) electrons. The van der Waals surface area contributed by atoms with E-state index in [4.69, 9.17) is 9.47 Å². The largest absolute Gasteiger partial charge is 0.352 e. The quantitative estimate of drug-likeness (QED) is 0.240. The highest BCUT2D eigenvalue weighted by molar-refractivity contribution is 5.28. The summed E-state index contributed by atoms with van der Waals surface area (Å²) in [4.78, 5) is 0. The summed E-state index contributed by atoms with van der Waals surface area (Å²) >= 11 is 0. The summed E-state index contributed by atoms with van der Waals surface area (Å²) in [6, 6.07) is 0. The molecule has 0 amide bonds. The van der Waals surface area contributed by atoms with Gasteiger partial charge in [-0.25, -0.2) is 4.39 Å². The molecule has 1 heterocycles. The molecule has 0 N–H and O–H groups in total. The lowest BCUT2D eigenvalue weighted by Gasteiger charge is -2.37. The van der Waals surface area contributed by atoms with E-state index in [1.165, 1.54) is 0 Å². The van der Waals surface area contributed by atoms with Crippen molar-refractivity contribution in [1.29, 1.82) is 0 Å². The van der Waals surface area contributed by atoms with Crippen LogP contribution < -0.4 is 0 Å². The number of alkyl halides is 1. The normalized spacial score (nSPS) is 34.5. The Morgan fingerprint density at radius 1 is 0.909 bits per heavy atom. The average molecular weight is 463 g/mol. The molecule has 0 aromatic carbocycles. The fourth-order valence-electron chi connectivity index (χ4n) is 5.69. The van der Waals surface area contributed by atoms with Crippen LogP contribution >= 0.6 is 0 Å². The maximum absolute atomic E-state index is 14.9. The molecule has 0 spiro atoms. The van der Waals surface area contributed by atoms with Crippen LogP contribution in [0.25, 0.3) is 0 Å². The Morgan fingerprint density at radius 2 is 1.58 bits per heavy atom. The van der Waals surface area contributed by atoms with Gasteiger partial charge < -0.3 is 9.47 Å². The minimum absolute atomic E-state index is 0.0315. The third-order valence-corrected chi connectivity index (χ3v) is 7.79. The number of rotatable bonds is 10. The Bertz CT molecular complexity index is 659. The highest BCUT2D eigenvalue weighted by Gasteiger charge is 2.33. The number of allylic oxidation sites excluding steroid dienone is 7. The fraction of sp³-hybridized carbons (Fsp3) is 0.724. The van der Waals surface area contributed by atoms with E-state index in [2.05, 4.69) is 25.7 Å². The van der Waals surface area contributed by atoms with Gasteiger partial charge in [-0.1, -0.05) is 37.8 Å². The van der Waals surface area contributed by atoms with E-state index in [0.29, 0.717) is 30.1 Å². The summed E-state index contributed by atoms with van der Waals surface area (Å²) in [5.41, 5.74) is 1.06. The number of hydrogen-bond donors (Lipinski definition) is 0. The molecular formula is C29H44F2O2. The maximum Gasteiger partial charge on any atom is 0.160 e. The van der Waals surface area contributed by atoms with Gasteiger partial charge in [0.15, 0.2) is 6.29 Å². The predicted octanol–water partition coefficient (Wildman–Crippen LogP) is 8.27. The minimum atomic E-state index is -0.228. The summed E-state index contributed by atoms with van der Waals surface area (Å²) in [6.07, 6.45) is 20.3. The summed E-state index contributed by atoms with van der Waals surface area (Å²) < 4.78 is 39.9. The highest BCUT2D eigenvalue weighted by Crippen LogP contribution is 2.39. The van der Waals surface area contributed by atoms with Gasteiger partial charge in [-0.3, -0.25) is 4.39 Å². The van der Waals surface area contributed by atoms with Crippen LogP contribution in [0, 0.1) is 29.6 Å². The van der Waals surface area contributed by atoms with Crippen molar-refractivity contribution in [1.82, 2.24) is 0 Å². The molecule has 1 saturated heterocycles. The lowest BCUT2D eigenvalue weighted by Crippen LogP contribution is -2.38. The summed E-state index contributed by atoms with van der Waals surface area (Å²) in [5.74, 6) is 1.77. The zero-order valence-electron chi connectivity index (χ0n) is 20.5. The van der Waals surface area contributed by atoms with Gasteiger partial charge in [-0.05, 0) is 93.6 Å². The number of hydrogen-bond acceptors (Lipinski definition) is 2. The number of halogens is 2. The average Bonchev–Trinajstić information content (AvgIpc) is 2.85. The van der Waals surface area contributed by atoms with Crippen molar-refractivity contribution < 1.29 is 18.3 Å². The third-order valence-electron chi connectivity index (χ3n) is 7.79. The van der Waals surface area contributed by atoms with Crippen molar-refractivity contribution in [3.8, 4) is 0 Å². The minimum Gasteiger partial charge on any atom is -0.352 e. The van der Waals surface area contributed by atoms with Gasteiger partial charge >= 0.3 is 0 Å². The second-order valence-electron chi connectivity index (χ2n) is 10.4. The van der Waals surface area contributed by atoms with Crippen molar-refractivity contribution in [2.45, 2.75) is 83.8 Å². The van der Waals surface area contributed by atoms with Gasteiger partial charge in [-0.2, -0.15) is 0 Å². The van der Waals surface area contributed by atoms with Crippen LogP contribution in [0.15, 0.2) is 48.4 Å². The standard InChI is InChI=1S/C29H44F2O2/c1-3-5-6-8-24-20-32-29(33-21-24)26-15-13-25(14-16-26)27(7-4-2)18-28(31)17-22-9-11-23(19-30)12-10-22/h4-7,18,22-26,29H,2-3,8-17,19-21H2,1H3/b6-5-,27-7+,28-18+. The van der Waals surface area contributed by atoms with Crippen LogP contribution in [0.3, 0.4) is 0 Å². The van der Waals surface area contributed by atoms with E-state index in [9.17, 15) is 8.78 Å². The molecule has 4 heteroatoms. The van der Waals surface area contributed by atoms with Gasteiger partial charge in [-0.15, -0.1) is 0 Å². The molecule has 3 fully saturated rings. The van der Waals surface area contributed by atoms with Crippen molar-refractivity contribution in [3.05, 3.63) is 48.4 Å². The maximum atomic E-state index is 14.9. The van der Waals surface area contributed by atoms with E-state index in [-0.39, 0.29) is 24.7 Å². The number of ether oxygens (including phenoxy) is 2. The van der Waals surface area contributed by atoms with Crippen LogP contribution in [0.1, 0.15) is 77.6 Å². The van der Waals surface area contributed by atoms with E-state index >= 15 is 0 Å². The first-order valence-corrected chi connectivity index (χ1v) is 13.3. The topological polar surface area (TPSA) is 18.5 Å². The molecule has 3 aliphatic rings. The summed E-state index contributed by atoms with van der Waals surface area (Å²) in [6.45, 7) is 7.33. The van der Waals surface area contributed by atoms with Crippen LogP contribution in [-0.4, -0.2) is 26.2 Å². The molecule has 0 aromatic heterocycles. The summed E-state index contributed by atoms with van der Waals surface area (Å²) in [7, 11) is 0. The first-order chi connectivity index (χ1) is 16.1. The van der Waals surface area contributed by atoms with Crippen LogP contribution in [0.2, 0.25) is 0 Å². The molecular weight excluding hydrogens is 418 g/mol. The molecule has 2 aliphatic carbocycles. The van der Waals surface area contributed by atoms with Gasteiger partial charge in [0.2, 0.25) is 0 Å². The molecule has 3 rings (SSSR count). The monoisotopic (exact) mass is 462 g/mol. The van der Waals surface area contributed by atoms with Gasteiger partial charge in [0.25, 0.3) is 0 Å². The second-order valence-corrected chi connectivity index (χ2v) is 10.4. The zero-order valence-corrected chi connectivity index (χ0v) is 20.5. The van der Waals surface area contributed by atoms with Gasteiger partial charge in [0, 0.05) is 18.3 Å². The second kappa shape index (κ2) is 14.2. The summed E-state index contributed by atoms with van der Waals surface area (Å²) in [5, 5.41) is 0. The Morgan fingerprint density at radius 3 is 2.18 bits per heavy atom. The molecule has 0 unspecified atom stereocenters.